The lowest BCUT2D eigenvalue weighted by molar-refractivity contribution is 0.0718. The third-order valence-corrected chi connectivity index (χ3v) is 3.55. The SMILES string of the molecule is O=C(c1ccnc(Nc2ccccc2)n1)N1CCCCC1. The summed E-state index contributed by atoms with van der Waals surface area (Å²) in [5.74, 6) is 0.442. The molecular formula is C16H18N4O. The van der Waals surface area contributed by atoms with Crippen LogP contribution in [0.15, 0.2) is 42.6 Å². The second-order valence-corrected chi connectivity index (χ2v) is 5.11. The fourth-order valence-electron chi connectivity index (χ4n) is 2.45. The van der Waals surface area contributed by atoms with Gasteiger partial charge in [-0.25, -0.2) is 9.97 Å². The average Bonchev–Trinajstić information content (AvgIpc) is 2.56. The zero-order valence-corrected chi connectivity index (χ0v) is 11.8. The molecule has 1 fully saturated rings. The van der Waals surface area contributed by atoms with Crippen LogP contribution in [0.1, 0.15) is 29.8 Å². The van der Waals surface area contributed by atoms with Gasteiger partial charge in [0.25, 0.3) is 5.91 Å². The lowest BCUT2D eigenvalue weighted by atomic mass is 10.1. The van der Waals surface area contributed by atoms with Gasteiger partial charge in [-0.3, -0.25) is 4.79 Å². The molecule has 1 saturated heterocycles. The van der Waals surface area contributed by atoms with E-state index >= 15 is 0 Å². The Morgan fingerprint density at radius 3 is 2.57 bits per heavy atom. The molecule has 2 aromatic rings. The van der Waals surface area contributed by atoms with Crippen LogP contribution in [0.5, 0.6) is 0 Å². The number of nitrogens with one attached hydrogen (secondary N) is 1. The molecule has 1 aromatic heterocycles. The van der Waals surface area contributed by atoms with Crippen LogP contribution >= 0.6 is 0 Å². The third-order valence-electron chi connectivity index (χ3n) is 3.55. The molecule has 0 aliphatic carbocycles. The first-order valence-corrected chi connectivity index (χ1v) is 7.27. The number of anilines is 2. The maximum absolute atomic E-state index is 12.4. The highest BCUT2D eigenvalue weighted by Gasteiger charge is 2.19. The number of piperidine rings is 1. The molecule has 0 bridgehead atoms. The number of carbonyl (C=O) groups excluding carboxylic acids is 1. The number of para-hydroxylation sites is 1. The van der Waals surface area contributed by atoms with Crippen molar-refractivity contribution in [3.8, 4) is 0 Å². The van der Waals surface area contributed by atoms with Crippen LogP contribution in [0.25, 0.3) is 0 Å². The summed E-state index contributed by atoms with van der Waals surface area (Å²) in [5, 5.41) is 3.11. The normalized spacial score (nSPS) is 14.8. The molecule has 0 unspecified atom stereocenters. The maximum Gasteiger partial charge on any atom is 0.272 e. The summed E-state index contributed by atoms with van der Waals surface area (Å²) in [6.45, 7) is 1.65. The summed E-state index contributed by atoms with van der Waals surface area (Å²) in [5.41, 5.74) is 1.35. The minimum Gasteiger partial charge on any atom is -0.337 e. The van der Waals surface area contributed by atoms with Gasteiger partial charge in [-0.05, 0) is 37.5 Å². The Morgan fingerprint density at radius 2 is 1.81 bits per heavy atom. The van der Waals surface area contributed by atoms with Gasteiger partial charge in [0, 0.05) is 25.0 Å². The van der Waals surface area contributed by atoms with Gasteiger partial charge >= 0.3 is 0 Å². The first kappa shape index (κ1) is 13.5. The monoisotopic (exact) mass is 282 g/mol. The number of likely N-dealkylation sites (tertiary alicyclic amines) is 1. The number of hydrogen-bond acceptors (Lipinski definition) is 4. The molecule has 0 radical (unpaired) electrons. The molecule has 108 valence electrons. The third kappa shape index (κ3) is 3.37. The van der Waals surface area contributed by atoms with E-state index in [-0.39, 0.29) is 5.91 Å². The lowest BCUT2D eigenvalue weighted by Crippen LogP contribution is -2.36. The molecule has 1 aliphatic heterocycles. The standard InChI is InChI=1S/C16H18N4O/c21-15(20-11-5-2-6-12-20)14-9-10-17-16(19-14)18-13-7-3-1-4-8-13/h1,3-4,7-10H,2,5-6,11-12H2,(H,17,18,19). The maximum atomic E-state index is 12.4. The van der Waals surface area contributed by atoms with Crippen molar-refractivity contribution in [1.82, 2.24) is 14.9 Å². The van der Waals surface area contributed by atoms with E-state index in [1.165, 1.54) is 6.42 Å². The molecule has 5 nitrogen and oxygen atoms in total. The number of aromatic nitrogens is 2. The number of nitrogens with zero attached hydrogens (tertiary/aromatic N) is 3. The summed E-state index contributed by atoms with van der Waals surface area (Å²) < 4.78 is 0. The van der Waals surface area contributed by atoms with Gasteiger partial charge < -0.3 is 10.2 Å². The summed E-state index contributed by atoms with van der Waals surface area (Å²) in [7, 11) is 0. The molecule has 3 rings (SSSR count). The van der Waals surface area contributed by atoms with Crippen molar-refractivity contribution in [2.45, 2.75) is 19.3 Å². The summed E-state index contributed by atoms with van der Waals surface area (Å²) >= 11 is 0. The number of amides is 1. The first-order chi connectivity index (χ1) is 10.3. The minimum atomic E-state index is -0.00629. The summed E-state index contributed by atoms with van der Waals surface area (Å²) in [4.78, 5) is 22.8. The largest absolute Gasteiger partial charge is 0.337 e. The Balaban J connectivity index is 1.75. The Hall–Kier alpha value is -2.43. The van der Waals surface area contributed by atoms with E-state index in [1.54, 1.807) is 12.3 Å². The van der Waals surface area contributed by atoms with Crippen molar-refractivity contribution in [1.29, 1.82) is 0 Å². The summed E-state index contributed by atoms with van der Waals surface area (Å²) in [6.07, 6.45) is 4.97. The quantitative estimate of drug-likeness (QED) is 0.940. The highest BCUT2D eigenvalue weighted by molar-refractivity contribution is 5.92. The number of benzene rings is 1. The Labute approximate surface area is 124 Å². The van der Waals surface area contributed by atoms with Crippen molar-refractivity contribution in [3.05, 3.63) is 48.3 Å². The van der Waals surface area contributed by atoms with Gasteiger partial charge in [-0.2, -0.15) is 0 Å². The van der Waals surface area contributed by atoms with Crippen LogP contribution in [0, 0.1) is 0 Å². The average molecular weight is 282 g/mol. The van der Waals surface area contributed by atoms with Gasteiger partial charge in [-0.15, -0.1) is 0 Å². The molecule has 5 heteroatoms. The number of rotatable bonds is 3. The molecule has 0 saturated carbocycles. The molecule has 1 amide bonds. The highest BCUT2D eigenvalue weighted by Crippen LogP contribution is 2.15. The molecule has 1 N–H and O–H groups in total. The van der Waals surface area contributed by atoms with Crippen molar-refractivity contribution >= 4 is 17.5 Å². The van der Waals surface area contributed by atoms with Gasteiger partial charge in [0.15, 0.2) is 0 Å². The predicted octanol–water partition coefficient (Wildman–Crippen LogP) is 2.85. The van der Waals surface area contributed by atoms with E-state index in [4.69, 9.17) is 0 Å². The van der Waals surface area contributed by atoms with Crippen molar-refractivity contribution < 1.29 is 4.79 Å². The smallest absolute Gasteiger partial charge is 0.272 e. The Kier molecular flexibility index (Phi) is 4.09. The van der Waals surface area contributed by atoms with E-state index in [2.05, 4.69) is 15.3 Å². The van der Waals surface area contributed by atoms with E-state index in [0.29, 0.717) is 11.6 Å². The van der Waals surface area contributed by atoms with E-state index in [9.17, 15) is 4.79 Å². The van der Waals surface area contributed by atoms with Crippen LogP contribution < -0.4 is 5.32 Å². The number of carbonyl (C=O) groups is 1. The first-order valence-electron chi connectivity index (χ1n) is 7.27. The van der Waals surface area contributed by atoms with Crippen LogP contribution in [-0.4, -0.2) is 33.9 Å². The highest BCUT2D eigenvalue weighted by atomic mass is 16.2. The van der Waals surface area contributed by atoms with Crippen LogP contribution in [0.2, 0.25) is 0 Å². The fraction of sp³-hybridized carbons (Fsp3) is 0.312. The minimum absolute atomic E-state index is 0.00629. The van der Waals surface area contributed by atoms with E-state index in [1.807, 2.05) is 35.2 Å². The van der Waals surface area contributed by atoms with Gasteiger partial charge in [0.1, 0.15) is 5.69 Å². The zero-order chi connectivity index (χ0) is 14.5. The number of hydrogen-bond donors (Lipinski definition) is 1. The molecule has 1 aliphatic rings. The topological polar surface area (TPSA) is 58.1 Å². The van der Waals surface area contributed by atoms with Gasteiger partial charge in [-0.1, -0.05) is 18.2 Å². The second-order valence-electron chi connectivity index (χ2n) is 5.11. The van der Waals surface area contributed by atoms with Crippen molar-refractivity contribution in [2.24, 2.45) is 0 Å². The van der Waals surface area contributed by atoms with Gasteiger partial charge in [0.2, 0.25) is 5.95 Å². The van der Waals surface area contributed by atoms with Crippen molar-refractivity contribution in [2.75, 3.05) is 18.4 Å². The van der Waals surface area contributed by atoms with Crippen LogP contribution in [0.4, 0.5) is 11.6 Å². The molecule has 0 atom stereocenters. The van der Waals surface area contributed by atoms with E-state index in [0.717, 1.165) is 31.6 Å². The van der Waals surface area contributed by atoms with Crippen LogP contribution in [-0.2, 0) is 0 Å². The molecule has 1 aromatic carbocycles. The molecule has 21 heavy (non-hydrogen) atoms. The molecule has 0 spiro atoms. The Morgan fingerprint density at radius 1 is 1.05 bits per heavy atom. The predicted molar refractivity (Wildman–Crippen MR) is 81.5 cm³/mol. The Bertz CT molecular complexity index is 609. The second kappa shape index (κ2) is 6.35. The molecule has 2 heterocycles. The van der Waals surface area contributed by atoms with Crippen molar-refractivity contribution in [3.63, 3.8) is 0 Å². The summed E-state index contributed by atoms with van der Waals surface area (Å²) in [6, 6.07) is 11.4. The fourth-order valence-corrected chi connectivity index (χ4v) is 2.45. The van der Waals surface area contributed by atoms with Gasteiger partial charge in [0.05, 0.1) is 0 Å². The van der Waals surface area contributed by atoms with E-state index < -0.39 is 0 Å². The van der Waals surface area contributed by atoms with Crippen LogP contribution in [0.3, 0.4) is 0 Å². The lowest BCUT2D eigenvalue weighted by Gasteiger charge is -2.26. The molecular weight excluding hydrogens is 264 g/mol. The zero-order valence-electron chi connectivity index (χ0n) is 11.8.